The number of β-amino-alcohol motifs (C(OH)–C–C–N with tert-alkyl or cyclic N) is 2. The van der Waals surface area contributed by atoms with Crippen molar-refractivity contribution in [1.29, 1.82) is 0 Å². The van der Waals surface area contributed by atoms with Crippen LogP contribution in [0.1, 0.15) is 51.3 Å². The third-order valence-electron chi connectivity index (χ3n) is 13.9. The van der Waals surface area contributed by atoms with Crippen molar-refractivity contribution >= 4 is 60.4 Å². The lowest BCUT2D eigenvalue weighted by Crippen LogP contribution is -2.55. The molecule has 0 radical (unpaired) electrons. The summed E-state index contributed by atoms with van der Waals surface area (Å²) in [6, 6.07) is 32.1. The average Bonchev–Trinajstić information content (AvgIpc) is 3.35. The molecule has 4 aromatic carbocycles. The second kappa shape index (κ2) is 19.4. The molecule has 0 amide bonds. The number of hydrogen-bond donors (Lipinski definition) is 4. The van der Waals surface area contributed by atoms with E-state index in [1.54, 1.807) is 24.3 Å². The Hall–Kier alpha value is -6.35. The average molecular weight is 985 g/mol. The van der Waals surface area contributed by atoms with Crippen LogP contribution in [0.5, 0.6) is 0 Å². The second-order valence-electron chi connectivity index (χ2n) is 18.8. The van der Waals surface area contributed by atoms with Crippen molar-refractivity contribution in [1.82, 2.24) is 29.7 Å². The predicted octanol–water partition coefficient (Wildman–Crippen LogP) is 4.79. The smallest absolute Gasteiger partial charge is 0.230 e. The molecule has 4 aliphatic rings. The standard InChI is InChI=1S/C51H56N10O7S2/c1-69(65,66)39-15-7-13-37(25-39)52-47-27-41(54-50(56-47)60-23-19-43(45(62)31-60)58-21-17-33-9-3-5-11-35(33)29-58)49(64)42-28-48(53-38-14-8-16-40(26-38)70(2,67)68)57-51(55-42)61-24-20-44(46(63)32-61)59-22-18-34-10-4-6-12-36(34)30-59/h3-16,25-28,43-46,62-63H,17-24,29-32H2,1-2H3,(H,52,54,56)(H,53,55,57)/t43-,44-,45-,46-/m1/s1. The highest BCUT2D eigenvalue weighted by molar-refractivity contribution is 7.91. The first-order chi connectivity index (χ1) is 33.6. The number of aliphatic hydroxyl groups is 2. The number of piperidine rings is 2. The molecule has 0 spiro atoms. The highest BCUT2D eigenvalue weighted by Crippen LogP contribution is 2.31. The van der Waals surface area contributed by atoms with Gasteiger partial charge in [-0.05, 0) is 84.3 Å². The van der Waals surface area contributed by atoms with E-state index in [4.69, 9.17) is 19.9 Å². The van der Waals surface area contributed by atoms with Crippen molar-refractivity contribution < 1.29 is 31.8 Å². The Kier molecular flexibility index (Phi) is 13.2. The first-order valence-electron chi connectivity index (χ1n) is 23.6. The van der Waals surface area contributed by atoms with Crippen LogP contribution in [0, 0.1) is 0 Å². The van der Waals surface area contributed by atoms with Crippen LogP contribution >= 0.6 is 0 Å². The number of ketones is 1. The van der Waals surface area contributed by atoms with Crippen LogP contribution in [0.2, 0.25) is 0 Å². The van der Waals surface area contributed by atoms with Gasteiger partial charge < -0.3 is 30.6 Å². The predicted molar refractivity (Wildman–Crippen MR) is 268 cm³/mol. The van der Waals surface area contributed by atoms with Crippen LogP contribution < -0.4 is 20.4 Å². The third kappa shape index (κ3) is 10.4. The Labute approximate surface area is 408 Å². The van der Waals surface area contributed by atoms with Crippen molar-refractivity contribution in [2.45, 2.75) is 72.9 Å². The van der Waals surface area contributed by atoms with Crippen LogP contribution in [0.25, 0.3) is 0 Å². The number of carbonyl (C=O) groups excluding carboxylic acids is 1. The van der Waals surface area contributed by atoms with Gasteiger partial charge in [0.1, 0.15) is 23.0 Å². The topological polar surface area (TPSA) is 214 Å². The highest BCUT2D eigenvalue weighted by Gasteiger charge is 2.37. The highest BCUT2D eigenvalue weighted by atomic mass is 32.2. The van der Waals surface area contributed by atoms with E-state index >= 15 is 4.79 Å². The monoisotopic (exact) mass is 984 g/mol. The molecule has 0 unspecified atom stereocenters. The number of nitrogens with one attached hydrogen (secondary N) is 2. The number of nitrogens with zero attached hydrogens (tertiary/aromatic N) is 8. The summed E-state index contributed by atoms with van der Waals surface area (Å²) in [4.78, 5) is 42.8. The summed E-state index contributed by atoms with van der Waals surface area (Å²) in [6.07, 6.45) is 3.76. The summed E-state index contributed by atoms with van der Waals surface area (Å²) in [7, 11) is -7.10. The van der Waals surface area contributed by atoms with E-state index in [2.05, 4.69) is 56.8 Å². The van der Waals surface area contributed by atoms with Gasteiger partial charge in [-0.15, -0.1) is 0 Å². The quantitative estimate of drug-likeness (QED) is 0.121. The maximum absolute atomic E-state index is 15.0. The normalized spacial score (nSPS) is 21.1. The molecule has 0 bridgehead atoms. The molecule has 4 atom stereocenters. The Morgan fingerprint density at radius 3 is 1.36 bits per heavy atom. The van der Waals surface area contributed by atoms with Crippen LogP contribution in [0.15, 0.2) is 119 Å². The summed E-state index contributed by atoms with van der Waals surface area (Å²) in [5.41, 5.74) is 5.92. The lowest BCUT2D eigenvalue weighted by atomic mass is 9.94. The third-order valence-corrected chi connectivity index (χ3v) is 16.1. The molecule has 10 rings (SSSR count). The zero-order chi connectivity index (χ0) is 48.7. The van der Waals surface area contributed by atoms with Gasteiger partial charge in [-0.25, -0.2) is 26.8 Å². The summed E-state index contributed by atoms with van der Waals surface area (Å²) in [5, 5.41) is 29.8. The molecule has 0 saturated carbocycles. The van der Waals surface area contributed by atoms with Gasteiger partial charge in [0.25, 0.3) is 0 Å². The van der Waals surface area contributed by atoms with Gasteiger partial charge >= 0.3 is 0 Å². The van der Waals surface area contributed by atoms with Gasteiger partial charge in [0, 0.05) is 100 Å². The molecule has 6 heterocycles. The van der Waals surface area contributed by atoms with Gasteiger partial charge in [0.2, 0.25) is 17.7 Å². The fourth-order valence-electron chi connectivity index (χ4n) is 10.2. The van der Waals surface area contributed by atoms with E-state index in [9.17, 15) is 27.0 Å². The van der Waals surface area contributed by atoms with Crippen molar-refractivity contribution in [2.24, 2.45) is 0 Å². The van der Waals surface area contributed by atoms with Crippen LogP contribution in [0.4, 0.5) is 34.9 Å². The van der Waals surface area contributed by atoms with Gasteiger partial charge in [-0.1, -0.05) is 60.7 Å². The minimum Gasteiger partial charge on any atom is -0.390 e. The van der Waals surface area contributed by atoms with Crippen LogP contribution in [0.3, 0.4) is 0 Å². The number of fused-ring (bicyclic) bond motifs is 2. The summed E-state index contributed by atoms with van der Waals surface area (Å²) in [5.74, 6) is 0.200. The van der Waals surface area contributed by atoms with Crippen molar-refractivity contribution in [2.75, 3.05) is 72.2 Å². The number of aliphatic hydroxyl groups excluding tert-OH is 2. The minimum absolute atomic E-state index is 0.0326. The molecule has 2 aromatic heterocycles. The van der Waals surface area contributed by atoms with E-state index in [-0.39, 0.29) is 69.9 Å². The SMILES string of the molecule is CS(=O)(=O)c1cccc(Nc2cc(C(=O)c3cc(Nc4cccc(S(C)(=O)=O)c4)nc(N4CC[C@@H](N5CCc6ccccc6C5)[C@H](O)C4)n3)nc(N3CC[C@@H](N4CCc5ccccc5C4)[C@H](O)C3)n2)c1. The van der Waals surface area contributed by atoms with E-state index in [0.717, 1.165) is 51.5 Å². The van der Waals surface area contributed by atoms with Gasteiger partial charge in [-0.3, -0.25) is 14.6 Å². The lowest BCUT2D eigenvalue weighted by molar-refractivity contribution is 0.0291. The van der Waals surface area contributed by atoms with E-state index in [1.165, 1.54) is 58.7 Å². The van der Waals surface area contributed by atoms with E-state index in [0.29, 0.717) is 37.3 Å². The molecule has 4 aliphatic heterocycles. The number of anilines is 6. The first kappa shape index (κ1) is 47.3. The molecule has 0 aliphatic carbocycles. The Bertz CT molecular complexity index is 2970. The molecule has 2 fully saturated rings. The maximum Gasteiger partial charge on any atom is 0.230 e. The molecule has 6 aromatic rings. The van der Waals surface area contributed by atoms with Gasteiger partial charge in [0.15, 0.2) is 19.7 Å². The fraction of sp³-hybridized carbons (Fsp3) is 0.353. The van der Waals surface area contributed by atoms with Crippen LogP contribution in [-0.4, -0.2) is 139 Å². The number of hydrogen-bond acceptors (Lipinski definition) is 17. The van der Waals surface area contributed by atoms with E-state index in [1.807, 2.05) is 21.9 Å². The molecule has 364 valence electrons. The molecule has 4 N–H and O–H groups in total. The molecular weight excluding hydrogens is 929 g/mol. The molecule has 70 heavy (non-hydrogen) atoms. The van der Waals surface area contributed by atoms with Gasteiger partial charge in [0.05, 0.1) is 22.0 Å². The van der Waals surface area contributed by atoms with Crippen molar-refractivity contribution in [3.63, 3.8) is 0 Å². The number of aromatic nitrogens is 4. The molecule has 17 nitrogen and oxygen atoms in total. The summed E-state index contributed by atoms with van der Waals surface area (Å²) >= 11 is 0. The number of rotatable bonds is 12. The number of benzene rings is 4. The number of sulfone groups is 2. The Morgan fingerprint density at radius 1 is 0.543 bits per heavy atom. The summed E-state index contributed by atoms with van der Waals surface area (Å²) in [6.45, 7) is 4.50. The van der Waals surface area contributed by atoms with Gasteiger partial charge in [-0.2, -0.15) is 9.97 Å². The first-order valence-corrected chi connectivity index (χ1v) is 27.3. The van der Waals surface area contributed by atoms with Crippen molar-refractivity contribution in [3.8, 4) is 0 Å². The Morgan fingerprint density at radius 2 is 0.957 bits per heavy atom. The maximum atomic E-state index is 15.0. The molecular formula is C51H56N10O7S2. The second-order valence-corrected chi connectivity index (χ2v) is 22.8. The molecule has 2 saturated heterocycles. The minimum atomic E-state index is -3.55. The van der Waals surface area contributed by atoms with Crippen molar-refractivity contribution in [3.05, 3.63) is 143 Å². The zero-order valence-corrected chi connectivity index (χ0v) is 40.6. The fourth-order valence-corrected chi connectivity index (χ4v) is 11.5. The summed E-state index contributed by atoms with van der Waals surface area (Å²) < 4.78 is 50.1. The lowest BCUT2D eigenvalue weighted by Gasteiger charge is -2.43. The largest absolute Gasteiger partial charge is 0.390 e. The Balaban J connectivity index is 0.972. The van der Waals surface area contributed by atoms with Crippen LogP contribution in [-0.2, 0) is 45.6 Å². The molecule has 19 heteroatoms. The zero-order valence-electron chi connectivity index (χ0n) is 39.0. The number of carbonyl (C=O) groups is 1. The van der Waals surface area contributed by atoms with E-state index < -0.39 is 37.7 Å².